The minimum absolute atomic E-state index is 0.250. The monoisotopic (exact) mass is 247 g/mol. The third kappa shape index (κ3) is 2.39. The predicted molar refractivity (Wildman–Crippen MR) is 76.0 cm³/mol. The van der Waals surface area contributed by atoms with Crippen LogP contribution in [0, 0.1) is 5.92 Å². The van der Waals surface area contributed by atoms with E-state index in [0.29, 0.717) is 11.7 Å². The largest absolute Gasteiger partial charge is 0.508 e. The van der Waals surface area contributed by atoms with Gasteiger partial charge in [0, 0.05) is 12.0 Å². The molecular formula is C16H25NO. The van der Waals surface area contributed by atoms with E-state index < -0.39 is 0 Å². The number of hydrogen-bond donors (Lipinski definition) is 1. The van der Waals surface area contributed by atoms with Gasteiger partial charge in [-0.25, -0.2) is 0 Å². The van der Waals surface area contributed by atoms with Gasteiger partial charge in [0.2, 0.25) is 0 Å². The highest BCUT2D eigenvalue weighted by Crippen LogP contribution is 2.43. The molecule has 2 nitrogen and oxygen atoms in total. The summed E-state index contributed by atoms with van der Waals surface area (Å²) >= 11 is 0. The number of likely N-dealkylation sites (tertiary alicyclic amines) is 1. The summed E-state index contributed by atoms with van der Waals surface area (Å²) in [6.45, 7) is 6.92. The SMILES string of the molecule is CCC[C@@]1(c2cccc(O)c2)CCN(C)C[C@H]1C. The minimum Gasteiger partial charge on any atom is -0.508 e. The molecule has 2 rings (SSSR count). The molecule has 1 aliphatic rings. The Balaban J connectivity index is 2.37. The molecule has 0 aromatic heterocycles. The average Bonchev–Trinajstić information content (AvgIpc) is 2.33. The molecule has 0 amide bonds. The zero-order chi connectivity index (χ0) is 13.2. The van der Waals surface area contributed by atoms with Crippen molar-refractivity contribution in [3.05, 3.63) is 29.8 Å². The second kappa shape index (κ2) is 5.31. The van der Waals surface area contributed by atoms with E-state index >= 15 is 0 Å². The average molecular weight is 247 g/mol. The first-order chi connectivity index (χ1) is 8.58. The third-order valence-corrected chi connectivity index (χ3v) is 4.59. The summed E-state index contributed by atoms with van der Waals surface area (Å²) in [5.74, 6) is 1.03. The Morgan fingerprint density at radius 3 is 2.83 bits per heavy atom. The highest BCUT2D eigenvalue weighted by Gasteiger charge is 2.40. The Kier molecular flexibility index (Phi) is 3.96. The van der Waals surface area contributed by atoms with E-state index in [1.54, 1.807) is 6.07 Å². The number of hydrogen-bond acceptors (Lipinski definition) is 2. The first-order valence-corrected chi connectivity index (χ1v) is 7.06. The van der Waals surface area contributed by atoms with Crippen LogP contribution in [0.15, 0.2) is 24.3 Å². The van der Waals surface area contributed by atoms with Crippen molar-refractivity contribution < 1.29 is 5.11 Å². The zero-order valence-electron chi connectivity index (χ0n) is 11.8. The summed E-state index contributed by atoms with van der Waals surface area (Å²) < 4.78 is 0. The van der Waals surface area contributed by atoms with Crippen molar-refractivity contribution in [1.82, 2.24) is 4.90 Å². The highest BCUT2D eigenvalue weighted by atomic mass is 16.3. The van der Waals surface area contributed by atoms with Crippen LogP contribution in [0.1, 0.15) is 38.7 Å². The fourth-order valence-electron chi connectivity index (χ4n) is 3.58. The lowest BCUT2D eigenvalue weighted by Crippen LogP contribution is -2.47. The van der Waals surface area contributed by atoms with Crippen LogP contribution in [0.4, 0.5) is 0 Å². The van der Waals surface area contributed by atoms with Gasteiger partial charge in [0.05, 0.1) is 0 Å². The van der Waals surface area contributed by atoms with Crippen LogP contribution in [0.3, 0.4) is 0 Å². The van der Waals surface area contributed by atoms with E-state index in [-0.39, 0.29) is 5.41 Å². The van der Waals surface area contributed by atoms with Gasteiger partial charge < -0.3 is 10.0 Å². The van der Waals surface area contributed by atoms with E-state index in [1.165, 1.54) is 24.8 Å². The van der Waals surface area contributed by atoms with Crippen LogP contribution >= 0.6 is 0 Å². The Morgan fingerprint density at radius 1 is 1.44 bits per heavy atom. The van der Waals surface area contributed by atoms with Crippen LogP contribution in [0.25, 0.3) is 0 Å². The van der Waals surface area contributed by atoms with Crippen LogP contribution < -0.4 is 0 Å². The molecule has 1 fully saturated rings. The standard InChI is InChI=1S/C16H25NO/c1-4-8-16(9-10-17(3)12-13(16)2)14-6-5-7-15(18)11-14/h5-7,11,13,18H,4,8-10,12H2,1-3H3/t13-,16-/m1/s1. The summed E-state index contributed by atoms with van der Waals surface area (Å²) in [4.78, 5) is 2.42. The van der Waals surface area contributed by atoms with Crippen molar-refractivity contribution in [3.8, 4) is 5.75 Å². The minimum atomic E-state index is 0.250. The molecule has 1 N–H and O–H groups in total. The molecule has 0 radical (unpaired) electrons. The molecule has 2 atom stereocenters. The zero-order valence-corrected chi connectivity index (χ0v) is 11.8. The van der Waals surface area contributed by atoms with Gasteiger partial charge in [0.25, 0.3) is 0 Å². The molecule has 1 heterocycles. The number of phenolic OH excluding ortho intramolecular Hbond substituents is 1. The summed E-state index contributed by atoms with van der Waals surface area (Å²) in [7, 11) is 2.20. The first kappa shape index (κ1) is 13.4. The molecule has 0 spiro atoms. The van der Waals surface area contributed by atoms with Crippen LogP contribution in [-0.4, -0.2) is 30.1 Å². The molecule has 0 aliphatic carbocycles. The fraction of sp³-hybridized carbons (Fsp3) is 0.625. The number of phenols is 1. The molecule has 0 saturated carbocycles. The molecule has 0 unspecified atom stereocenters. The number of aromatic hydroxyl groups is 1. The van der Waals surface area contributed by atoms with E-state index in [2.05, 4.69) is 31.9 Å². The maximum atomic E-state index is 9.75. The Morgan fingerprint density at radius 2 is 2.22 bits per heavy atom. The van der Waals surface area contributed by atoms with Gasteiger partial charge in [-0.3, -0.25) is 0 Å². The molecular weight excluding hydrogens is 222 g/mol. The number of rotatable bonds is 3. The van der Waals surface area contributed by atoms with Gasteiger partial charge >= 0.3 is 0 Å². The van der Waals surface area contributed by atoms with Crippen molar-refractivity contribution in [1.29, 1.82) is 0 Å². The summed E-state index contributed by atoms with van der Waals surface area (Å²) in [5.41, 5.74) is 1.57. The second-order valence-electron chi connectivity index (χ2n) is 5.87. The number of nitrogens with zero attached hydrogens (tertiary/aromatic N) is 1. The van der Waals surface area contributed by atoms with Crippen molar-refractivity contribution in [2.24, 2.45) is 5.92 Å². The summed E-state index contributed by atoms with van der Waals surface area (Å²) in [6.07, 6.45) is 3.61. The van der Waals surface area contributed by atoms with Gasteiger partial charge in [0.15, 0.2) is 0 Å². The van der Waals surface area contributed by atoms with Crippen molar-refractivity contribution in [3.63, 3.8) is 0 Å². The van der Waals surface area contributed by atoms with Gasteiger partial charge in [-0.05, 0) is 50.0 Å². The lowest BCUT2D eigenvalue weighted by atomic mass is 9.64. The molecule has 1 aliphatic heterocycles. The number of piperidine rings is 1. The molecule has 100 valence electrons. The molecule has 2 heteroatoms. The van der Waals surface area contributed by atoms with Crippen molar-refractivity contribution in [2.75, 3.05) is 20.1 Å². The van der Waals surface area contributed by atoms with Gasteiger partial charge in [0.1, 0.15) is 5.75 Å². The lowest BCUT2D eigenvalue weighted by Gasteiger charge is -2.46. The van der Waals surface area contributed by atoms with Crippen LogP contribution in [0.5, 0.6) is 5.75 Å². The Bertz CT molecular complexity index is 404. The molecule has 18 heavy (non-hydrogen) atoms. The maximum Gasteiger partial charge on any atom is 0.115 e. The van der Waals surface area contributed by atoms with E-state index in [9.17, 15) is 5.11 Å². The Hall–Kier alpha value is -1.02. The van der Waals surface area contributed by atoms with Crippen LogP contribution in [-0.2, 0) is 5.41 Å². The third-order valence-electron chi connectivity index (χ3n) is 4.59. The topological polar surface area (TPSA) is 23.5 Å². The van der Waals surface area contributed by atoms with Crippen molar-refractivity contribution in [2.45, 2.75) is 38.5 Å². The van der Waals surface area contributed by atoms with Crippen LogP contribution in [0.2, 0.25) is 0 Å². The fourth-order valence-corrected chi connectivity index (χ4v) is 3.58. The molecule has 0 bridgehead atoms. The van der Waals surface area contributed by atoms with E-state index in [0.717, 1.165) is 13.1 Å². The normalized spacial score (nSPS) is 29.4. The predicted octanol–water partition coefficient (Wildman–Crippen LogP) is 3.40. The van der Waals surface area contributed by atoms with Gasteiger partial charge in [-0.1, -0.05) is 32.4 Å². The summed E-state index contributed by atoms with van der Waals surface area (Å²) in [6, 6.07) is 7.91. The smallest absolute Gasteiger partial charge is 0.115 e. The van der Waals surface area contributed by atoms with Crippen molar-refractivity contribution >= 4 is 0 Å². The quantitative estimate of drug-likeness (QED) is 0.885. The highest BCUT2D eigenvalue weighted by molar-refractivity contribution is 5.34. The van der Waals surface area contributed by atoms with Gasteiger partial charge in [-0.2, -0.15) is 0 Å². The lowest BCUT2D eigenvalue weighted by molar-refractivity contribution is 0.112. The van der Waals surface area contributed by atoms with E-state index in [4.69, 9.17) is 0 Å². The maximum absolute atomic E-state index is 9.75. The Labute approximate surface area is 111 Å². The van der Waals surface area contributed by atoms with E-state index in [1.807, 2.05) is 12.1 Å². The number of benzene rings is 1. The molecule has 1 saturated heterocycles. The summed E-state index contributed by atoms with van der Waals surface area (Å²) in [5, 5.41) is 9.75. The van der Waals surface area contributed by atoms with Gasteiger partial charge in [-0.15, -0.1) is 0 Å². The first-order valence-electron chi connectivity index (χ1n) is 7.06. The molecule has 1 aromatic rings. The molecule has 1 aromatic carbocycles. The second-order valence-corrected chi connectivity index (χ2v) is 5.87.